The largest absolute Gasteiger partial charge is 0.485 e. The highest BCUT2D eigenvalue weighted by molar-refractivity contribution is 7.12. The normalized spacial score (nSPS) is 22.4. The first-order chi connectivity index (χ1) is 12.2. The second-order valence-corrected chi connectivity index (χ2v) is 7.22. The maximum atomic E-state index is 13.0. The number of likely N-dealkylation sites (tertiary alicyclic amines) is 1. The molecule has 2 aromatic rings. The third-order valence-electron chi connectivity index (χ3n) is 4.61. The van der Waals surface area contributed by atoms with Gasteiger partial charge in [0.15, 0.2) is 11.5 Å². The van der Waals surface area contributed by atoms with E-state index in [0.717, 1.165) is 11.5 Å². The zero-order chi connectivity index (χ0) is 17.4. The summed E-state index contributed by atoms with van der Waals surface area (Å²) in [7, 11) is 1.68. The van der Waals surface area contributed by atoms with Crippen LogP contribution in [0.25, 0.3) is 0 Å². The van der Waals surface area contributed by atoms with E-state index in [0.29, 0.717) is 49.1 Å². The van der Waals surface area contributed by atoms with Gasteiger partial charge in [-0.15, -0.1) is 11.3 Å². The van der Waals surface area contributed by atoms with Gasteiger partial charge in [0, 0.05) is 44.0 Å². The fourth-order valence-electron chi connectivity index (χ4n) is 3.40. The molecule has 1 saturated heterocycles. The van der Waals surface area contributed by atoms with Crippen LogP contribution in [-0.4, -0.2) is 55.5 Å². The Bertz CT molecular complexity index is 771. The Hall–Kier alpha value is -2.06. The van der Waals surface area contributed by atoms with Crippen molar-refractivity contribution in [1.82, 2.24) is 10.1 Å². The molecular weight excluding hydrogens is 344 g/mol. The SMILES string of the molecule is CO[C@H]1CN(C(=O)c2scc3c2OCCO3)C[C@H]1Cc1cc(C)no1. The first-order valence-electron chi connectivity index (χ1n) is 8.27. The fraction of sp³-hybridized carbons (Fsp3) is 0.529. The van der Waals surface area contributed by atoms with E-state index in [9.17, 15) is 4.79 Å². The van der Waals surface area contributed by atoms with Crippen molar-refractivity contribution in [2.45, 2.75) is 19.4 Å². The molecule has 0 spiro atoms. The predicted octanol–water partition coefficient (Wildman–Crippen LogP) is 2.15. The van der Waals surface area contributed by atoms with Gasteiger partial charge in [-0.1, -0.05) is 5.16 Å². The number of thiophene rings is 1. The molecule has 8 heteroatoms. The first kappa shape index (κ1) is 16.4. The van der Waals surface area contributed by atoms with E-state index in [-0.39, 0.29) is 17.9 Å². The van der Waals surface area contributed by atoms with E-state index in [1.54, 1.807) is 7.11 Å². The molecule has 0 saturated carbocycles. The number of hydrogen-bond donors (Lipinski definition) is 0. The molecular formula is C17H20N2O5S. The molecule has 2 atom stereocenters. The molecule has 0 aromatic carbocycles. The minimum absolute atomic E-state index is 0.0256. The molecule has 2 aliphatic heterocycles. The van der Waals surface area contributed by atoms with Gasteiger partial charge in [-0.2, -0.15) is 0 Å². The van der Waals surface area contributed by atoms with E-state index >= 15 is 0 Å². The summed E-state index contributed by atoms with van der Waals surface area (Å²) in [6.07, 6.45) is 0.674. The third kappa shape index (κ3) is 3.11. The lowest BCUT2D eigenvalue weighted by Crippen LogP contribution is -2.30. The molecule has 4 rings (SSSR count). The molecule has 25 heavy (non-hydrogen) atoms. The molecule has 2 aliphatic rings. The molecule has 7 nitrogen and oxygen atoms in total. The molecule has 0 aliphatic carbocycles. The van der Waals surface area contributed by atoms with Crippen LogP contribution in [0.2, 0.25) is 0 Å². The molecule has 4 heterocycles. The molecule has 1 amide bonds. The summed E-state index contributed by atoms with van der Waals surface area (Å²) < 4.78 is 22.1. The molecule has 2 aromatic heterocycles. The van der Waals surface area contributed by atoms with Crippen molar-refractivity contribution in [3.05, 3.63) is 27.8 Å². The smallest absolute Gasteiger partial charge is 0.268 e. The van der Waals surface area contributed by atoms with Gasteiger partial charge in [0.25, 0.3) is 5.91 Å². The van der Waals surface area contributed by atoms with Crippen LogP contribution in [0, 0.1) is 12.8 Å². The molecule has 134 valence electrons. The Morgan fingerprint density at radius 1 is 1.40 bits per heavy atom. The summed E-state index contributed by atoms with van der Waals surface area (Å²) in [5, 5.41) is 5.76. The van der Waals surface area contributed by atoms with Crippen molar-refractivity contribution in [3.8, 4) is 11.5 Å². The summed E-state index contributed by atoms with van der Waals surface area (Å²) in [5.74, 6) is 2.20. The first-order valence-corrected chi connectivity index (χ1v) is 9.15. The van der Waals surface area contributed by atoms with Gasteiger partial charge in [0.05, 0.1) is 11.8 Å². The lowest BCUT2D eigenvalue weighted by molar-refractivity contribution is 0.0670. The van der Waals surface area contributed by atoms with Crippen LogP contribution in [0.4, 0.5) is 0 Å². The molecule has 1 fully saturated rings. The Kier molecular flexibility index (Phi) is 4.39. The van der Waals surface area contributed by atoms with Crippen molar-refractivity contribution in [3.63, 3.8) is 0 Å². The minimum atomic E-state index is -0.0324. The van der Waals surface area contributed by atoms with Gasteiger partial charge in [-0.25, -0.2) is 0 Å². The highest BCUT2D eigenvalue weighted by Gasteiger charge is 2.38. The standard InChI is InChI=1S/C17H20N2O5S/c1-10-5-12(24-18-10)6-11-7-19(8-13(11)21-2)17(20)16-15-14(9-25-16)22-3-4-23-15/h5,9,11,13H,3-4,6-8H2,1-2H3/t11-,13+/m1/s1. The summed E-state index contributed by atoms with van der Waals surface area (Å²) >= 11 is 1.37. The topological polar surface area (TPSA) is 74.0 Å². The van der Waals surface area contributed by atoms with Crippen LogP contribution < -0.4 is 9.47 Å². The number of fused-ring (bicyclic) bond motifs is 1. The van der Waals surface area contributed by atoms with Crippen molar-refractivity contribution < 1.29 is 23.5 Å². The number of hydrogen-bond acceptors (Lipinski definition) is 7. The van der Waals surface area contributed by atoms with E-state index in [1.165, 1.54) is 11.3 Å². The number of amides is 1. The number of aryl methyl sites for hydroxylation is 1. The minimum Gasteiger partial charge on any atom is -0.485 e. The van der Waals surface area contributed by atoms with Crippen molar-refractivity contribution in [2.24, 2.45) is 5.92 Å². The van der Waals surface area contributed by atoms with Gasteiger partial charge >= 0.3 is 0 Å². The second-order valence-electron chi connectivity index (χ2n) is 6.34. The summed E-state index contributed by atoms with van der Waals surface area (Å²) in [4.78, 5) is 15.4. The number of ether oxygens (including phenoxy) is 3. The zero-order valence-electron chi connectivity index (χ0n) is 14.2. The predicted molar refractivity (Wildman–Crippen MR) is 90.4 cm³/mol. The molecule has 0 unspecified atom stereocenters. The lowest BCUT2D eigenvalue weighted by Gasteiger charge is -2.19. The number of rotatable bonds is 4. The van der Waals surface area contributed by atoms with Gasteiger partial charge in [0.1, 0.15) is 23.9 Å². The summed E-state index contributed by atoms with van der Waals surface area (Å²) in [6, 6.07) is 1.93. The third-order valence-corrected chi connectivity index (χ3v) is 5.53. The fourth-order valence-corrected chi connectivity index (χ4v) is 4.29. The summed E-state index contributed by atoms with van der Waals surface area (Å²) in [6.45, 7) is 4.06. The van der Waals surface area contributed by atoms with E-state index < -0.39 is 0 Å². The van der Waals surface area contributed by atoms with E-state index in [2.05, 4.69) is 5.16 Å². The Morgan fingerprint density at radius 2 is 2.24 bits per heavy atom. The quantitative estimate of drug-likeness (QED) is 0.828. The van der Waals surface area contributed by atoms with Crippen LogP contribution in [0.3, 0.4) is 0 Å². The van der Waals surface area contributed by atoms with Gasteiger partial charge < -0.3 is 23.6 Å². The van der Waals surface area contributed by atoms with E-state index in [1.807, 2.05) is 23.3 Å². The monoisotopic (exact) mass is 364 g/mol. The van der Waals surface area contributed by atoms with Gasteiger partial charge in [-0.05, 0) is 6.92 Å². The van der Waals surface area contributed by atoms with Crippen LogP contribution in [0.15, 0.2) is 16.0 Å². The molecule has 0 N–H and O–H groups in total. The number of methoxy groups -OCH3 is 1. The zero-order valence-corrected chi connectivity index (χ0v) is 15.0. The average molecular weight is 364 g/mol. The number of nitrogens with zero attached hydrogens (tertiary/aromatic N) is 2. The molecule has 0 radical (unpaired) electrons. The maximum Gasteiger partial charge on any atom is 0.268 e. The van der Waals surface area contributed by atoms with Gasteiger partial charge in [-0.3, -0.25) is 4.79 Å². The van der Waals surface area contributed by atoms with Crippen LogP contribution in [0.5, 0.6) is 11.5 Å². The van der Waals surface area contributed by atoms with Crippen LogP contribution >= 0.6 is 11.3 Å². The average Bonchev–Trinajstić information content (AvgIpc) is 3.33. The van der Waals surface area contributed by atoms with Crippen LogP contribution in [0.1, 0.15) is 21.1 Å². The lowest BCUT2D eigenvalue weighted by atomic mass is 10.0. The molecule has 0 bridgehead atoms. The number of carbonyl (C=O) groups is 1. The Balaban J connectivity index is 1.49. The second kappa shape index (κ2) is 6.68. The van der Waals surface area contributed by atoms with Crippen LogP contribution in [-0.2, 0) is 11.2 Å². The summed E-state index contributed by atoms with van der Waals surface area (Å²) in [5.41, 5.74) is 0.859. The van der Waals surface area contributed by atoms with E-state index in [4.69, 9.17) is 18.7 Å². The van der Waals surface area contributed by atoms with Gasteiger partial charge in [0.2, 0.25) is 0 Å². The highest BCUT2D eigenvalue weighted by Crippen LogP contribution is 2.40. The number of carbonyl (C=O) groups excluding carboxylic acids is 1. The van der Waals surface area contributed by atoms with Crippen molar-refractivity contribution in [1.29, 1.82) is 0 Å². The van der Waals surface area contributed by atoms with Crippen molar-refractivity contribution >= 4 is 17.2 Å². The Morgan fingerprint density at radius 3 is 3.00 bits per heavy atom. The van der Waals surface area contributed by atoms with Crippen molar-refractivity contribution in [2.75, 3.05) is 33.4 Å². The Labute approximate surface area is 149 Å². The number of aromatic nitrogens is 1. The maximum absolute atomic E-state index is 13.0. The highest BCUT2D eigenvalue weighted by atomic mass is 32.1.